The van der Waals surface area contributed by atoms with Crippen molar-refractivity contribution in [2.24, 2.45) is 0 Å². The second-order valence-corrected chi connectivity index (χ2v) is 8.71. The van der Waals surface area contributed by atoms with Gasteiger partial charge in [0.05, 0.1) is 15.1 Å². The maximum absolute atomic E-state index is 12.8. The number of rotatable bonds is 7. The van der Waals surface area contributed by atoms with Gasteiger partial charge in [0.15, 0.2) is 5.13 Å². The first-order chi connectivity index (χ1) is 13.3. The van der Waals surface area contributed by atoms with E-state index in [2.05, 4.69) is 4.98 Å². The van der Waals surface area contributed by atoms with Gasteiger partial charge in [0.1, 0.15) is 0 Å². The Labute approximate surface area is 174 Å². The van der Waals surface area contributed by atoms with E-state index in [-0.39, 0.29) is 10.9 Å². The maximum atomic E-state index is 12.8. The average Bonchev–Trinajstić information content (AvgIpc) is 3.26. The molecule has 10 heteroatoms. The number of nitro groups is 1. The molecule has 2 heterocycles. The second kappa shape index (κ2) is 8.78. The first kappa shape index (κ1) is 20.4. The zero-order valence-corrected chi connectivity index (χ0v) is 17.6. The van der Waals surface area contributed by atoms with Gasteiger partial charge in [-0.3, -0.25) is 19.8 Å². The topological polar surface area (TPSA) is 79.6 Å². The lowest BCUT2D eigenvalue weighted by Crippen LogP contribution is -2.35. The summed E-state index contributed by atoms with van der Waals surface area (Å²) in [5, 5.41) is 12.0. The number of fused-ring (bicyclic) bond motifs is 1. The van der Waals surface area contributed by atoms with Crippen molar-refractivity contribution in [3.05, 3.63) is 56.4 Å². The van der Waals surface area contributed by atoms with Crippen molar-refractivity contribution in [1.82, 2.24) is 9.88 Å². The number of hydrogen-bond donors (Lipinski definition) is 0. The summed E-state index contributed by atoms with van der Waals surface area (Å²) in [6.07, 6.45) is 3.01. The predicted octanol–water partition coefficient (Wildman–Crippen LogP) is 4.53. The van der Waals surface area contributed by atoms with Crippen molar-refractivity contribution in [2.45, 2.75) is 0 Å². The van der Waals surface area contributed by atoms with Crippen molar-refractivity contribution in [3.63, 3.8) is 0 Å². The molecule has 1 aromatic carbocycles. The number of nitrogens with zero attached hydrogens (tertiary/aromatic N) is 4. The Balaban J connectivity index is 1.85. The molecule has 0 aliphatic carbocycles. The summed E-state index contributed by atoms with van der Waals surface area (Å²) in [5.74, 6) is -0.233. The summed E-state index contributed by atoms with van der Waals surface area (Å²) >= 11 is 8.47. The Hall–Kier alpha value is -2.33. The molecule has 3 aromatic rings. The molecule has 0 fully saturated rings. The predicted molar refractivity (Wildman–Crippen MR) is 116 cm³/mol. The van der Waals surface area contributed by atoms with E-state index in [1.54, 1.807) is 23.1 Å². The van der Waals surface area contributed by atoms with Gasteiger partial charge in [0, 0.05) is 35.1 Å². The van der Waals surface area contributed by atoms with E-state index in [9.17, 15) is 14.9 Å². The van der Waals surface area contributed by atoms with Crippen molar-refractivity contribution < 1.29 is 9.72 Å². The van der Waals surface area contributed by atoms with Crippen LogP contribution < -0.4 is 4.90 Å². The van der Waals surface area contributed by atoms with E-state index in [1.165, 1.54) is 23.5 Å². The Kier molecular flexibility index (Phi) is 6.40. The highest BCUT2D eigenvalue weighted by Gasteiger charge is 2.18. The number of likely N-dealkylation sites (N-methyl/N-ethyl adjacent to an activating group) is 1. The Bertz CT molecular complexity index is 1040. The lowest BCUT2D eigenvalue weighted by molar-refractivity contribution is -0.380. The Morgan fingerprint density at radius 1 is 1.25 bits per heavy atom. The molecule has 0 bridgehead atoms. The number of amides is 1. The fourth-order valence-corrected chi connectivity index (χ4v) is 4.37. The Morgan fingerprint density at radius 3 is 2.71 bits per heavy atom. The second-order valence-electron chi connectivity index (χ2n) is 6.17. The minimum atomic E-state index is -0.445. The fraction of sp³-hybridized carbons (Fsp3) is 0.222. The SMILES string of the molecule is CN(C)CCN(C(=O)C=Cc1ccc([N+](=O)[O-])s1)c1nc2ccc(Cl)cc2s1. The van der Waals surface area contributed by atoms with Crippen LogP contribution in [-0.2, 0) is 4.79 Å². The van der Waals surface area contributed by atoms with Crippen LogP contribution in [0.4, 0.5) is 10.1 Å². The Morgan fingerprint density at radius 2 is 2.04 bits per heavy atom. The molecule has 0 aliphatic rings. The molecule has 28 heavy (non-hydrogen) atoms. The molecular formula is C18H17ClN4O3S2. The van der Waals surface area contributed by atoms with Crippen LogP contribution in [0.25, 0.3) is 16.3 Å². The molecule has 0 spiro atoms. The molecule has 3 rings (SSSR count). The summed E-state index contributed by atoms with van der Waals surface area (Å²) in [5.41, 5.74) is 0.782. The molecule has 146 valence electrons. The van der Waals surface area contributed by atoms with Gasteiger partial charge in [0.25, 0.3) is 5.91 Å². The monoisotopic (exact) mass is 436 g/mol. The van der Waals surface area contributed by atoms with Gasteiger partial charge >= 0.3 is 5.00 Å². The standard InChI is InChI=1S/C18H17ClN4O3S2/c1-21(2)9-10-22(18-20-14-6-3-12(19)11-15(14)28-18)16(24)7-4-13-5-8-17(27-13)23(25)26/h3-8,11H,9-10H2,1-2H3. The molecule has 0 saturated heterocycles. The number of halogens is 1. The number of thiazole rings is 1. The van der Waals surface area contributed by atoms with E-state index >= 15 is 0 Å². The first-order valence-corrected chi connectivity index (χ1v) is 10.3. The van der Waals surface area contributed by atoms with E-state index < -0.39 is 4.92 Å². The third kappa shape index (κ3) is 4.93. The first-order valence-electron chi connectivity index (χ1n) is 8.28. The van der Waals surface area contributed by atoms with Gasteiger partial charge in [-0.25, -0.2) is 4.98 Å². The van der Waals surface area contributed by atoms with E-state index in [0.29, 0.717) is 28.1 Å². The summed E-state index contributed by atoms with van der Waals surface area (Å²) in [6, 6.07) is 8.47. The number of carbonyl (C=O) groups excluding carboxylic acids is 1. The fourth-order valence-electron chi connectivity index (χ4n) is 2.38. The summed E-state index contributed by atoms with van der Waals surface area (Å²) < 4.78 is 0.906. The van der Waals surface area contributed by atoms with E-state index in [1.807, 2.05) is 31.1 Å². The number of aromatic nitrogens is 1. The smallest absolute Gasteiger partial charge is 0.308 e. The highest BCUT2D eigenvalue weighted by Crippen LogP contribution is 2.31. The quantitative estimate of drug-likeness (QED) is 0.309. The van der Waals surface area contributed by atoms with Gasteiger partial charge in [-0.1, -0.05) is 34.3 Å². The van der Waals surface area contributed by atoms with Crippen molar-refractivity contribution in [1.29, 1.82) is 0 Å². The molecule has 0 saturated carbocycles. The van der Waals surface area contributed by atoms with Crippen LogP contribution in [0.5, 0.6) is 0 Å². The van der Waals surface area contributed by atoms with Gasteiger partial charge in [-0.2, -0.15) is 0 Å². The highest BCUT2D eigenvalue weighted by molar-refractivity contribution is 7.22. The highest BCUT2D eigenvalue weighted by atomic mass is 35.5. The van der Waals surface area contributed by atoms with Gasteiger partial charge in [0.2, 0.25) is 0 Å². The summed E-state index contributed by atoms with van der Waals surface area (Å²) in [4.78, 5) is 32.0. The van der Waals surface area contributed by atoms with Crippen LogP contribution in [0.2, 0.25) is 5.02 Å². The van der Waals surface area contributed by atoms with Crippen molar-refractivity contribution in [2.75, 3.05) is 32.1 Å². The maximum Gasteiger partial charge on any atom is 0.324 e. The zero-order chi connectivity index (χ0) is 20.3. The number of anilines is 1. The molecule has 0 unspecified atom stereocenters. The van der Waals surface area contributed by atoms with E-state index in [4.69, 9.17) is 11.6 Å². The van der Waals surface area contributed by atoms with Gasteiger partial charge in [-0.05, 0) is 44.4 Å². The van der Waals surface area contributed by atoms with Crippen LogP contribution in [0.15, 0.2) is 36.4 Å². The molecule has 7 nitrogen and oxygen atoms in total. The third-order valence-electron chi connectivity index (χ3n) is 3.79. The van der Waals surface area contributed by atoms with Crippen molar-refractivity contribution in [3.8, 4) is 0 Å². The summed E-state index contributed by atoms with van der Waals surface area (Å²) in [7, 11) is 3.86. The van der Waals surface area contributed by atoms with Gasteiger partial charge in [-0.15, -0.1) is 0 Å². The average molecular weight is 437 g/mol. The summed E-state index contributed by atoms with van der Waals surface area (Å²) in [6.45, 7) is 1.13. The van der Waals surface area contributed by atoms with Crippen molar-refractivity contribution >= 4 is 66.6 Å². The van der Waals surface area contributed by atoms with E-state index in [0.717, 1.165) is 21.6 Å². The molecule has 0 aliphatic heterocycles. The molecule has 2 aromatic heterocycles. The number of hydrogen-bond acceptors (Lipinski definition) is 7. The third-order valence-corrected chi connectivity index (χ3v) is 6.07. The van der Waals surface area contributed by atoms with Crippen LogP contribution in [0.1, 0.15) is 4.88 Å². The minimum absolute atomic E-state index is 0.0413. The van der Waals surface area contributed by atoms with Gasteiger partial charge < -0.3 is 4.90 Å². The normalized spacial score (nSPS) is 11.6. The van der Waals surface area contributed by atoms with Crippen LogP contribution in [0, 0.1) is 10.1 Å². The molecule has 0 N–H and O–H groups in total. The lowest BCUT2D eigenvalue weighted by atomic mass is 10.3. The number of benzene rings is 1. The number of thiophene rings is 1. The van der Waals surface area contributed by atoms with Crippen LogP contribution >= 0.6 is 34.3 Å². The molecule has 0 atom stereocenters. The number of carbonyl (C=O) groups is 1. The van der Waals surface area contributed by atoms with Crippen LogP contribution in [0.3, 0.4) is 0 Å². The largest absolute Gasteiger partial charge is 0.324 e. The molecular weight excluding hydrogens is 420 g/mol. The van der Waals surface area contributed by atoms with Crippen LogP contribution in [-0.4, -0.2) is 47.9 Å². The lowest BCUT2D eigenvalue weighted by Gasteiger charge is -2.20. The minimum Gasteiger partial charge on any atom is -0.308 e. The zero-order valence-electron chi connectivity index (χ0n) is 15.2. The molecule has 1 amide bonds. The molecule has 0 radical (unpaired) electrons.